The fourth-order valence-electron chi connectivity index (χ4n) is 3.56. The number of nitrogens with zero attached hydrogens (tertiary/aromatic N) is 2. The highest BCUT2D eigenvalue weighted by Gasteiger charge is 2.23. The summed E-state index contributed by atoms with van der Waals surface area (Å²) in [6, 6.07) is 9.66. The number of nitro groups is 1. The lowest BCUT2D eigenvalue weighted by molar-refractivity contribution is -0.384. The number of carbonyl (C=O) groups is 1. The first kappa shape index (κ1) is 21.4. The van der Waals surface area contributed by atoms with Gasteiger partial charge in [0.05, 0.1) is 35.1 Å². The summed E-state index contributed by atoms with van der Waals surface area (Å²) in [5.74, 6) is 0.694. The quantitative estimate of drug-likeness (QED) is 0.501. The van der Waals surface area contributed by atoms with E-state index in [-0.39, 0.29) is 11.3 Å². The third-order valence-corrected chi connectivity index (χ3v) is 4.94. The minimum absolute atomic E-state index is 0.117. The Kier molecular flexibility index (Phi) is 7.11. The van der Waals surface area contributed by atoms with Crippen LogP contribution in [0.3, 0.4) is 0 Å². The Hall–Kier alpha value is -3.29. The van der Waals surface area contributed by atoms with E-state index in [1.165, 1.54) is 12.1 Å². The lowest BCUT2D eigenvalue weighted by Gasteiger charge is -2.30. The summed E-state index contributed by atoms with van der Waals surface area (Å²) < 4.78 is 11.2. The molecule has 0 aliphatic carbocycles. The molecule has 1 aliphatic rings. The molecule has 1 fully saturated rings. The number of nitro benzene ring substituents is 1. The number of hydrogen-bond donors (Lipinski definition) is 1. The van der Waals surface area contributed by atoms with E-state index in [0.717, 1.165) is 32.4 Å². The molecule has 0 atom stereocenters. The maximum absolute atomic E-state index is 13.2. The van der Waals surface area contributed by atoms with Crippen LogP contribution in [0.5, 0.6) is 11.5 Å². The average molecular weight is 413 g/mol. The molecule has 1 saturated heterocycles. The first-order valence-corrected chi connectivity index (χ1v) is 10.3. The van der Waals surface area contributed by atoms with Crippen LogP contribution >= 0.6 is 0 Å². The highest BCUT2D eigenvalue weighted by Crippen LogP contribution is 2.32. The number of nitrogens with one attached hydrogen (secondary N) is 1. The van der Waals surface area contributed by atoms with Crippen molar-refractivity contribution in [2.45, 2.75) is 33.1 Å². The minimum atomic E-state index is -0.488. The highest BCUT2D eigenvalue weighted by molar-refractivity contribution is 6.09. The summed E-state index contributed by atoms with van der Waals surface area (Å²) in [4.78, 5) is 26.1. The Labute approximate surface area is 175 Å². The fraction of sp³-hybridized carbons (Fsp3) is 0.409. The summed E-state index contributed by atoms with van der Waals surface area (Å²) in [6.45, 7) is 6.31. The van der Waals surface area contributed by atoms with Crippen LogP contribution in [0, 0.1) is 10.1 Å². The number of benzene rings is 2. The van der Waals surface area contributed by atoms with Gasteiger partial charge in [0.25, 0.3) is 11.6 Å². The van der Waals surface area contributed by atoms with E-state index in [0.29, 0.717) is 36.1 Å². The second kappa shape index (κ2) is 9.96. The lowest BCUT2D eigenvalue weighted by Crippen LogP contribution is -2.31. The molecule has 2 aromatic carbocycles. The van der Waals surface area contributed by atoms with Gasteiger partial charge in [-0.1, -0.05) is 0 Å². The van der Waals surface area contributed by atoms with Gasteiger partial charge in [-0.05, 0) is 51.3 Å². The number of rotatable bonds is 8. The van der Waals surface area contributed by atoms with Gasteiger partial charge in [-0.15, -0.1) is 0 Å². The SMILES string of the molecule is CCOc1ccc(OCC)c(NC(=O)c2cc([N+](=O)[O-])ccc2N2CCCCC2)c1. The van der Waals surface area contributed by atoms with E-state index in [2.05, 4.69) is 10.2 Å². The molecule has 8 nitrogen and oxygen atoms in total. The second-order valence-electron chi connectivity index (χ2n) is 6.98. The van der Waals surface area contributed by atoms with Crippen LogP contribution < -0.4 is 19.7 Å². The lowest BCUT2D eigenvalue weighted by atomic mass is 10.1. The monoisotopic (exact) mass is 413 g/mol. The molecule has 3 rings (SSSR count). The van der Waals surface area contributed by atoms with Crippen LogP contribution in [0.4, 0.5) is 17.1 Å². The molecule has 1 N–H and O–H groups in total. The summed E-state index contributed by atoms with van der Waals surface area (Å²) >= 11 is 0. The Bertz CT molecular complexity index is 910. The number of carbonyl (C=O) groups excluding carboxylic acids is 1. The Morgan fingerprint density at radius 3 is 2.47 bits per heavy atom. The summed E-state index contributed by atoms with van der Waals surface area (Å²) in [5.41, 5.74) is 1.32. The number of hydrogen-bond acceptors (Lipinski definition) is 6. The van der Waals surface area contributed by atoms with Crippen LogP contribution in [-0.4, -0.2) is 37.1 Å². The van der Waals surface area contributed by atoms with Gasteiger partial charge in [-0.3, -0.25) is 14.9 Å². The molecular formula is C22H27N3O5. The van der Waals surface area contributed by atoms with Crippen LogP contribution in [0.25, 0.3) is 0 Å². The molecule has 2 aromatic rings. The van der Waals surface area contributed by atoms with Crippen molar-refractivity contribution in [3.8, 4) is 11.5 Å². The maximum atomic E-state index is 13.2. The molecule has 1 aliphatic heterocycles. The van der Waals surface area contributed by atoms with Gasteiger partial charge in [-0.2, -0.15) is 0 Å². The molecule has 0 aromatic heterocycles. The molecule has 1 amide bonds. The van der Waals surface area contributed by atoms with Gasteiger partial charge in [0.15, 0.2) is 0 Å². The van der Waals surface area contributed by atoms with Crippen LogP contribution in [-0.2, 0) is 0 Å². The van der Waals surface area contributed by atoms with Gasteiger partial charge < -0.3 is 19.7 Å². The summed E-state index contributed by atoms with van der Waals surface area (Å²) in [5, 5.41) is 14.2. The van der Waals surface area contributed by atoms with Crippen molar-refractivity contribution >= 4 is 23.0 Å². The number of ether oxygens (including phenoxy) is 2. The van der Waals surface area contributed by atoms with E-state index in [1.807, 2.05) is 13.8 Å². The standard InChI is InChI=1S/C22H27N3O5/c1-3-29-17-9-11-21(30-4-2)19(15-17)23-22(26)18-14-16(25(27)28)8-10-20(18)24-12-6-5-7-13-24/h8-11,14-15H,3-7,12-13H2,1-2H3,(H,23,26). The van der Waals surface area contributed by atoms with Crippen LogP contribution in [0.1, 0.15) is 43.5 Å². The molecule has 0 unspecified atom stereocenters. The van der Waals surface area contributed by atoms with E-state index in [9.17, 15) is 14.9 Å². The molecule has 0 saturated carbocycles. The zero-order valence-electron chi connectivity index (χ0n) is 17.3. The van der Waals surface area contributed by atoms with Gasteiger partial charge in [0, 0.05) is 31.3 Å². The number of non-ortho nitro benzene ring substituents is 1. The van der Waals surface area contributed by atoms with Crippen molar-refractivity contribution in [3.05, 3.63) is 52.1 Å². The number of piperidine rings is 1. The van der Waals surface area contributed by atoms with Gasteiger partial charge in [0.2, 0.25) is 0 Å². The van der Waals surface area contributed by atoms with Crippen molar-refractivity contribution < 1.29 is 19.2 Å². The van der Waals surface area contributed by atoms with E-state index in [4.69, 9.17) is 9.47 Å². The normalized spacial score (nSPS) is 13.6. The van der Waals surface area contributed by atoms with E-state index >= 15 is 0 Å². The zero-order chi connectivity index (χ0) is 21.5. The molecular weight excluding hydrogens is 386 g/mol. The second-order valence-corrected chi connectivity index (χ2v) is 6.98. The van der Waals surface area contributed by atoms with Crippen molar-refractivity contribution in [2.75, 3.05) is 36.5 Å². The predicted molar refractivity (Wildman–Crippen MR) is 116 cm³/mol. The Morgan fingerprint density at radius 1 is 1.07 bits per heavy atom. The third-order valence-electron chi connectivity index (χ3n) is 4.94. The Morgan fingerprint density at radius 2 is 1.80 bits per heavy atom. The molecule has 160 valence electrons. The van der Waals surface area contributed by atoms with Gasteiger partial charge >= 0.3 is 0 Å². The van der Waals surface area contributed by atoms with Gasteiger partial charge in [0.1, 0.15) is 11.5 Å². The van der Waals surface area contributed by atoms with E-state index < -0.39 is 10.8 Å². The fourth-order valence-corrected chi connectivity index (χ4v) is 3.56. The van der Waals surface area contributed by atoms with Crippen LogP contribution in [0.2, 0.25) is 0 Å². The molecule has 1 heterocycles. The number of amides is 1. The molecule has 8 heteroatoms. The molecule has 0 radical (unpaired) electrons. The third kappa shape index (κ3) is 5.00. The predicted octanol–water partition coefficient (Wildman–Crippen LogP) is 4.63. The van der Waals surface area contributed by atoms with E-state index in [1.54, 1.807) is 24.3 Å². The van der Waals surface area contributed by atoms with Crippen LogP contribution in [0.15, 0.2) is 36.4 Å². The largest absolute Gasteiger partial charge is 0.494 e. The highest BCUT2D eigenvalue weighted by atomic mass is 16.6. The van der Waals surface area contributed by atoms with Crippen molar-refractivity contribution in [1.29, 1.82) is 0 Å². The summed E-state index contributed by atoms with van der Waals surface area (Å²) in [6.07, 6.45) is 3.21. The smallest absolute Gasteiger partial charge is 0.270 e. The Balaban J connectivity index is 1.96. The zero-order valence-corrected chi connectivity index (χ0v) is 17.3. The molecule has 30 heavy (non-hydrogen) atoms. The summed E-state index contributed by atoms with van der Waals surface area (Å²) in [7, 11) is 0. The molecule has 0 spiro atoms. The minimum Gasteiger partial charge on any atom is -0.494 e. The maximum Gasteiger partial charge on any atom is 0.270 e. The topological polar surface area (TPSA) is 93.9 Å². The average Bonchev–Trinajstić information content (AvgIpc) is 2.76. The first-order chi connectivity index (χ1) is 14.5. The number of anilines is 2. The van der Waals surface area contributed by atoms with Gasteiger partial charge in [-0.25, -0.2) is 0 Å². The van der Waals surface area contributed by atoms with Crippen molar-refractivity contribution in [2.24, 2.45) is 0 Å². The van der Waals surface area contributed by atoms with Crippen molar-refractivity contribution in [1.82, 2.24) is 0 Å². The first-order valence-electron chi connectivity index (χ1n) is 10.3. The molecule has 0 bridgehead atoms. The van der Waals surface area contributed by atoms with Crippen molar-refractivity contribution in [3.63, 3.8) is 0 Å².